The number of nitrogens with one attached hydrogen (secondary N) is 2. The average molecular weight is 323 g/mol. The number of carboxylic acid groups (broad SMARTS) is 1. The number of nitro benzene ring substituents is 1. The molecule has 0 aliphatic carbocycles. The zero-order chi connectivity index (χ0) is 17.6. The highest BCUT2D eigenvalue weighted by Gasteiger charge is 2.15. The predicted octanol–water partition coefficient (Wildman–Crippen LogP) is 0.470. The number of rotatable bonds is 7. The molecule has 0 aliphatic heterocycles. The molecule has 0 bridgehead atoms. The number of hydrogen-bond donors (Lipinski definition) is 3. The van der Waals surface area contributed by atoms with Crippen molar-refractivity contribution in [3.8, 4) is 0 Å². The number of nitrogens with zero attached hydrogens (tertiary/aromatic N) is 1. The van der Waals surface area contributed by atoms with E-state index in [4.69, 9.17) is 5.11 Å². The number of aryl methyl sites for hydroxylation is 1. The Labute approximate surface area is 131 Å². The third-order valence-electron chi connectivity index (χ3n) is 3.09. The second-order valence-electron chi connectivity index (χ2n) is 4.98. The minimum absolute atomic E-state index is 0.0410. The molecule has 1 unspecified atom stereocenters. The molecule has 3 N–H and O–H groups in total. The summed E-state index contributed by atoms with van der Waals surface area (Å²) in [7, 11) is 0. The molecule has 9 heteroatoms. The van der Waals surface area contributed by atoms with Gasteiger partial charge in [-0.25, -0.2) is 0 Å². The number of amides is 2. The van der Waals surface area contributed by atoms with E-state index in [9.17, 15) is 24.5 Å². The number of hydrogen-bond acceptors (Lipinski definition) is 5. The van der Waals surface area contributed by atoms with Crippen LogP contribution in [0.5, 0.6) is 0 Å². The molecule has 1 rings (SSSR count). The lowest BCUT2D eigenvalue weighted by Crippen LogP contribution is -2.39. The SMILES string of the molecule is Cc1cc(C(=O)NCC(=O)NCC(C)C(=O)O)ccc1[N+](=O)[O-]. The van der Waals surface area contributed by atoms with Gasteiger partial charge in [0, 0.05) is 23.7 Å². The molecule has 0 spiro atoms. The Kier molecular flexibility index (Phi) is 6.19. The van der Waals surface area contributed by atoms with Crippen molar-refractivity contribution < 1.29 is 24.4 Å². The summed E-state index contributed by atoms with van der Waals surface area (Å²) in [6.45, 7) is 2.59. The Morgan fingerprint density at radius 1 is 1.30 bits per heavy atom. The van der Waals surface area contributed by atoms with Gasteiger partial charge in [0.05, 0.1) is 17.4 Å². The minimum atomic E-state index is -1.03. The van der Waals surface area contributed by atoms with Gasteiger partial charge in [-0.15, -0.1) is 0 Å². The van der Waals surface area contributed by atoms with Crippen LogP contribution in [-0.2, 0) is 9.59 Å². The summed E-state index contributed by atoms with van der Waals surface area (Å²) in [6, 6.07) is 3.88. The topological polar surface area (TPSA) is 139 Å². The summed E-state index contributed by atoms with van der Waals surface area (Å²) in [6.07, 6.45) is 0. The van der Waals surface area contributed by atoms with E-state index in [2.05, 4.69) is 10.6 Å². The van der Waals surface area contributed by atoms with Crippen LogP contribution in [0.25, 0.3) is 0 Å². The highest BCUT2D eigenvalue weighted by atomic mass is 16.6. The largest absolute Gasteiger partial charge is 0.481 e. The molecule has 0 radical (unpaired) electrons. The number of carbonyl (C=O) groups excluding carboxylic acids is 2. The fourth-order valence-electron chi connectivity index (χ4n) is 1.68. The molecule has 9 nitrogen and oxygen atoms in total. The maximum atomic E-state index is 11.9. The van der Waals surface area contributed by atoms with Gasteiger partial charge < -0.3 is 15.7 Å². The van der Waals surface area contributed by atoms with Crippen molar-refractivity contribution in [2.24, 2.45) is 5.92 Å². The second kappa shape index (κ2) is 7.87. The molecular formula is C14H17N3O6. The van der Waals surface area contributed by atoms with Crippen molar-refractivity contribution in [1.29, 1.82) is 0 Å². The zero-order valence-corrected chi connectivity index (χ0v) is 12.7. The summed E-state index contributed by atoms with van der Waals surface area (Å²) in [5, 5.41) is 24.1. The van der Waals surface area contributed by atoms with Crippen molar-refractivity contribution in [2.75, 3.05) is 13.1 Å². The summed E-state index contributed by atoms with van der Waals surface area (Å²) in [4.78, 5) is 44.1. The summed E-state index contributed by atoms with van der Waals surface area (Å²) >= 11 is 0. The first-order valence-corrected chi connectivity index (χ1v) is 6.75. The molecule has 0 fully saturated rings. The third kappa shape index (κ3) is 5.38. The first-order valence-electron chi connectivity index (χ1n) is 6.75. The van der Waals surface area contributed by atoms with E-state index in [-0.39, 0.29) is 24.3 Å². The zero-order valence-electron chi connectivity index (χ0n) is 12.7. The first kappa shape index (κ1) is 18.1. The van der Waals surface area contributed by atoms with Crippen LogP contribution in [0.15, 0.2) is 18.2 Å². The molecule has 1 atom stereocenters. The fraction of sp³-hybridized carbons (Fsp3) is 0.357. The number of benzene rings is 1. The minimum Gasteiger partial charge on any atom is -0.481 e. The Morgan fingerprint density at radius 3 is 2.48 bits per heavy atom. The van der Waals surface area contributed by atoms with Crippen LogP contribution in [0.4, 0.5) is 5.69 Å². The Balaban J connectivity index is 2.54. The van der Waals surface area contributed by atoms with Gasteiger partial charge in [-0.3, -0.25) is 24.5 Å². The van der Waals surface area contributed by atoms with Gasteiger partial charge in [-0.2, -0.15) is 0 Å². The molecule has 0 aliphatic rings. The first-order chi connectivity index (χ1) is 10.7. The van der Waals surface area contributed by atoms with Crippen molar-refractivity contribution in [3.63, 3.8) is 0 Å². The maximum Gasteiger partial charge on any atom is 0.308 e. The van der Waals surface area contributed by atoms with Crippen LogP contribution in [0.1, 0.15) is 22.8 Å². The maximum absolute atomic E-state index is 11.9. The van der Waals surface area contributed by atoms with E-state index in [0.717, 1.165) is 0 Å². The Bertz CT molecular complexity index is 643. The number of carbonyl (C=O) groups is 3. The van der Waals surface area contributed by atoms with Gasteiger partial charge >= 0.3 is 5.97 Å². The van der Waals surface area contributed by atoms with Gasteiger partial charge in [0.15, 0.2) is 0 Å². The molecular weight excluding hydrogens is 306 g/mol. The van der Waals surface area contributed by atoms with Gasteiger partial charge in [0.1, 0.15) is 0 Å². The van der Waals surface area contributed by atoms with Gasteiger partial charge in [-0.05, 0) is 19.1 Å². The summed E-state index contributed by atoms with van der Waals surface area (Å²) in [5.74, 6) is -2.84. The highest BCUT2D eigenvalue weighted by Crippen LogP contribution is 2.18. The molecule has 124 valence electrons. The molecule has 0 heterocycles. The molecule has 23 heavy (non-hydrogen) atoms. The van der Waals surface area contributed by atoms with Crippen molar-refractivity contribution in [1.82, 2.24) is 10.6 Å². The predicted molar refractivity (Wildman–Crippen MR) is 80.0 cm³/mol. The molecule has 0 saturated carbocycles. The van der Waals surface area contributed by atoms with Gasteiger partial charge in [-0.1, -0.05) is 6.92 Å². The number of carboxylic acids is 1. The average Bonchev–Trinajstić information content (AvgIpc) is 2.49. The van der Waals surface area contributed by atoms with Gasteiger partial charge in [0.2, 0.25) is 5.91 Å². The molecule has 0 aromatic heterocycles. The van der Waals surface area contributed by atoms with Crippen LogP contribution < -0.4 is 10.6 Å². The molecule has 2 amide bonds. The van der Waals surface area contributed by atoms with Crippen molar-refractivity contribution in [2.45, 2.75) is 13.8 Å². The van der Waals surface area contributed by atoms with Crippen LogP contribution in [0.3, 0.4) is 0 Å². The lowest BCUT2D eigenvalue weighted by atomic mass is 10.1. The van der Waals surface area contributed by atoms with Crippen LogP contribution >= 0.6 is 0 Å². The standard InChI is InChI=1S/C14H17N3O6/c1-8-5-10(3-4-11(8)17(22)23)13(19)16-7-12(18)15-6-9(2)14(20)21/h3-5,9H,6-7H2,1-2H3,(H,15,18)(H,16,19)(H,20,21). The van der Waals surface area contributed by atoms with Crippen molar-refractivity contribution in [3.05, 3.63) is 39.4 Å². The second-order valence-corrected chi connectivity index (χ2v) is 4.98. The molecule has 0 saturated heterocycles. The monoisotopic (exact) mass is 323 g/mol. The lowest BCUT2D eigenvalue weighted by molar-refractivity contribution is -0.385. The molecule has 1 aromatic rings. The Hall–Kier alpha value is -2.97. The van der Waals surface area contributed by atoms with Crippen LogP contribution in [0, 0.1) is 23.0 Å². The smallest absolute Gasteiger partial charge is 0.308 e. The van der Waals surface area contributed by atoms with Crippen LogP contribution in [0.2, 0.25) is 0 Å². The normalized spacial score (nSPS) is 11.4. The third-order valence-corrected chi connectivity index (χ3v) is 3.09. The highest BCUT2D eigenvalue weighted by molar-refractivity contribution is 5.96. The van der Waals surface area contributed by atoms with E-state index in [1.54, 1.807) is 0 Å². The quantitative estimate of drug-likeness (QED) is 0.492. The van der Waals surface area contributed by atoms with Crippen LogP contribution in [-0.4, -0.2) is 40.9 Å². The van der Waals surface area contributed by atoms with E-state index >= 15 is 0 Å². The number of aliphatic carboxylic acids is 1. The van der Waals surface area contributed by atoms with E-state index in [1.165, 1.54) is 32.0 Å². The van der Waals surface area contributed by atoms with E-state index < -0.39 is 28.6 Å². The van der Waals surface area contributed by atoms with Crippen molar-refractivity contribution >= 4 is 23.5 Å². The Morgan fingerprint density at radius 2 is 1.96 bits per heavy atom. The summed E-state index contributed by atoms with van der Waals surface area (Å²) < 4.78 is 0. The van der Waals surface area contributed by atoms with Gasteiger partial charge in [0.25, 0.3) is 11.6 Å². The fourth-order valence-corrected chi connectivity index (χ4v) is 1.68. The van der Waals surface area contributed by atoms with E-state index in [0.29, 0.717) is 5.56 Å². The lowest BCUT2D eigenvalue weighted by Gasteiger charge is -2.09. The number of nitro groups is 1. The summed E-state index contributed by atoms with van der Waals surface area (Å²) in [5.41, 5.74) is 0.434. The van der Waals surface area contributed by atoms with E-state index in [1.807, 2.05) is 0 Å². The molecule has 1 aromatic carbocycles.